The van der Waals surface area contributed by atoms with Gasteiger partial charge in [-0.1, -0.05) is 24.3 Å². The Labute approximate surface area is 58.4 Å². The SMILES string of the molecule is C=C/C(Cl)=C(\C)C(=O)O. The van der Waals surface area contributed by atoms with Crippen molar-refractivity contribution in [2.45, 2.75) is 6.92 Å². The van der Waals surface area contributed by atoms with Crippen molar-refractivity contribution < 1.29 is 9.90 Å². The molecule has 0 rings (SSSR count). The van der Waals surface area contributed by atoms with Crippen LogP contribution < -0.4 is 0 Å². The minimum atomic E-state index is -1.01. The van der Waals surface area contributed by atoms with Crippen LogP contribution in [0.4, 0.5) is 0 Å². The van der Waals surface area contributed by atoms with Crippen LogP contribution in [0.15, 0.2) is 23.3 Å². The minimum absolute atomic E-state index is 0.117. The summed E-state index contributed by atoms with van der Waals surface area (Å²) in [4.78, 5) is 10.1. The topological polar surface area (TPSA) is 37.3 Å². The van der Waals surface area contributed by atoms with Crippen molar-refractivity contribution >= 4 is 17.6 Å². The Hall–Kier alpha value is -0.760. The molecule has 9 heavy (non-hydrogen) atoms. The molecule has 0 aromatic carbocycles. The Bertz CT molecular complexity index is 170. The fraction of sp³-hybridized carbons (Fsp3) is 0.167. The van der Waals surface area contributed by atoms with Crippen molar-refractivity contribution in [2.75, 3.05) is 0 Å². The van der Waals surface area contributed by atoms with Crippen molar-refractivity contribution in [1.29, 1.82) is 0 Å². The summed E-state index contributed by atoms with van der Waals surface area (Å²) >= 11 is 5.39. The van der Waals surface area contributed by atoms with Crippen LogP contribution >= 0.6 is 11.6 Å². The lowest BCUT2D eigenvalue weighted by atomic mass is 10.3. The van der Waals surface area contributed by atoms with Gasteiger partial charge in [-0.2, -0.15) is 0 Å². The van der Waals surface area contributed by atoms with Crippen molar-refractivity contribution in [1.82, 2.24) is 0 Å². The van der Waals surface area contributed by atoms with Gasteiger partial charge in [-0.05, 0) is 6.92 Å². The van der Waals surface area contributed by atoms with Gasteiger partial charge in [0.15, 0.2) is 0 Å². The van der Waals surface area contributed by atoms with Crippen LogP contribution in [-0.4, -0.2) is 11.1 Å². The van der Waals surface area contributed by atoms with E-state index in [0.29, 0.717) is 0 Å². The van der Waals surface area contributed by atoms with E-state index >= 15 is 0 Å². The third-order valence-corrected chi connectivity index (χ3v) is 1.30. The van der Waals surface area contributed by atoms with E-state index in [1.54, 1.807) is 0 Å². The molecule has 0 spiro atoms. The van der Waals surface area contributed by atoms with Crippen LogP contribution in [0.5, 0.6) is 0 Å². The fourth-order valence-corrected chi connectivity index (χ4v) is 0.336. The predicted molar refractivity (Wildman–Crippen MR) is 36.4 cm³/mol. The van der Waals surface area contributed by atoms with Crippen molar-refractivity contribution in [2.24, 2.45) is 0 Å². The zero-order valence-corrected chi connectivity index (χ0v) is 5.77. The quantitative estimate of drug-likeness (QED) is 0.476. The van der Waals surface area contributed by atoms with Gasteiger partial charge in [0.25, 0.3) is 0 Å². The maximum absolute atomic E-state index is 10.1. The summed E-state index contributed by atoms with van der Waals surface area (Å²) in [5.41, 5.74) is 0.117. The van der Waals surface area contributed by atoms with E-state index in [0.717, 1.165) is 0 Å². The van der Waals surface area contributed by atoms with Gasteiger partial charge in [-0.3, -0.25) is 0 Å². The molecular formula is C6H7ClO2. The fourth-order valence-electron chi connectivity index (χ4n) is 0.255. The number of rotatable bonds is 2. The molecule has 0 saturated carbocycles. The lowest BCUT2D eigenvalue weighted by Gasteiger charge is -1.91. The van der Waals surface area contributed by atoms with Gasteiger partial charge in [0.1, 0.15) is 0 Å². The zero-order chi connectivity index (χ0) is 7.44. The second kappa shape index (κ2) is 3.30. The maximum Gasteiger partial charge on any atom is 0.332 e. The number of carboxylic acids is 1. The molecule has 3 heteroatoms. The van der Waals surface area contributed by atoms with Crippen LogP contribution in [0.25, 0.3) is 0 Å². The largest absolute Gasteiger partial charge is 0.478 e. The van der Waals surface area contributed by atoms with Gasteiger partial charge in [0.05, 0.1) is 10.6 Å². The number of allylic oxidation sites excluding steroid dienone is 2. The van der Waals surface area contributed by atoms with E-state index < -0.39 is 5.97 Å². The van der Waals surface area contributed by atoms with Gasteiger partial charge in [-0.25, -0.2) is 4.79 Å². The average molecular weight is 147 g/mol. The highest BCUT2D eigenvalue weighted by Gasteiger charge is 2.02. The summed E-state index contributed by atoms with van der Waals surface area (Å²) in [7, 11) is 0. The number of carbonyl (C=O) groups is 1. The number of hydrogen-bond donors (Lipinski definition) is 1. The Morgan fingerprint density at radius 1 is 1.78 bits per heavy atom. The third-order valence-electron chi connectivity index (χ3n) is 0.858. The molecule has 50 valence electrons. The van der Waals surface area contributed by atoms with Gasteiger partial charge in [0.2, 0.25) is 0 Å². The first-order chi connectivity index (χ1) is 4.09. The van der Waals surface area contributed by atoms with Crippen LogP contribution in [0.3, 0.4) is 0 Å². The lowest BCUT2D eigenvalue weighted by molar-refractivity contribution is -0.132. The van der Waals surface area contributed by atoms with Crippen LogP contribution in [-0.2, 0) is 4.79 Å². The van der Waals surface area contributed by atoms with E-state index in [4.69, 9.17) is 16.7 Å². The molecule has 0 unspecified atom stereocenters. The average Bonchev–Trinajstić information content (AvgIpc) is 1.84. The van der Waals surface area contributed by atoms with Gasteiger partial charge in [0, 0.05) is 0 Å². The number of halogens is 1. The van der Waals surface area contributed by atoms with Crippen LogP contribution in [0, 0.1) is 0 Å². The second-order valence-corrected chi connectivity index (χ2v) is 1.89. The highest BCUT2D eigenvalue weighted by molar-refractivity contribution is 6.33. The predicted octanol–water partition coefficient (Wildman–Crippen LogP) is 1.77. The van der Waals surface area contributed by atoms with E-state index in [-0.39, 0.29) is 10.6 Å². The van der Waals surface area contributed by atoms with Gasteiger partial charge in [-0.15, -0.1) is 0 Å². The van der Waals surface area contributed by atoms with Crippen LogP contribution in [0.1, 0.15) is 6.92 Å². The number of hydrogen-bond acceptors (Lipinski definition) is 1. The monoisotopic (exact) mass is 146 g/mol. The smallest absolute Gasteiger partial charge is 0.332 e. The third kappa shape index (κ3) is 2.33. The summed E-state index contributed by atoms with van der Waals surface area (Å²) in [6.45, 7) is 4.73. The first-order valence-electron chi connectivity index (χ1n) is 2.31. The summed E-state index contributed by atoms with van der Waals surface area (Å²) in [6.07, 6.45) is 1.30. The van der Waals surface area contributed by atoms with Crippen molar-refractivity contribution in [3.05, 3.63) is 23.3 Å². The van der Waals surface area contributed by atoms with E-state index in [1.165, 1.54) is 13.0 Å². The highest BCUT2D eigenvalue weighted by atomic mass is 35.5. The molecule has 1 N–H and O–H groups in total. The van der Waals surface area contributed by atoms with Crippen molar-refractivity contribution in [3.8, 4) is 0 Å². The molecule has 0 saturated heterocycles. The van der Waals surface area contributed by atoms with Gasteiger partial charge < -0.3 is 5.11 Å². The van der Waals surface area contributed by atoms with Crippen LogP contribution in [0.2, 0.25) is 0 Å². The molecule has 0 aliphatic heterocycles. The lowest BCUT2D eigenvalue weighted by Crippen LogP contribution is -1.96. The standard InChI is InChI=1S/C6H7ClO2/c1-3-5(7)4(2)6(8)9/h3H,1H2,2H3,(H,8,9)/b5-4-. The molecule has 0 aromatic heterocycles. The molecule has 0 radical (unpaired) electrons. The summed E-state index contributed by atoms with van der Waals surface area (Å²) in [5, 5.41) is 8.48. The van der Waals surface area contributed by atoms with E-state index in [1.807, 2.05) is 0 Å². The molecule has 0 atom stereocenters. The van der Waals surface area contributed by atoms with Gasteiger partial charge >= 0.3 is 5.97 Å². The Kier molecular flexibility index (Phi) is 3.02. The molecular weight excluding hydrogens is 140 g/mol. The molecule has 0 aliphatic rings. The van der Waals surface area contributed by atoms with E-state index in [2.05, 4.69) is 6.58 Å². The molecule has 0 aliphatic carbocycles. The second-order valence-electron chi connectivity index (χ2n) is 1.48. The minimum Gasteiger partial charge on any atom is -0.478 e. The Morgan fingerprint density at radius 3 is 2.33 bits per heavy atom. The molecule has 0 amide bonds. The normalized spacial score (nSPS) is 12.2. The summed E-state index contributed by atoms with van der Waals surface area (Å²) in [6, 6.07) is 0. The molecule has 0 heterocycles. The molecule has 2 nitrogen and oxygen atoms in total. The number of aliphatic carboxylic acids is 1. The Balaban J connectivity index is 4.47. The maximum atomic E-state index is 10.1. The number of carboxylic acid groups (broad SMARTS) is 1. The molecule has 0 fully saturated rings. The Morgan fingerprint density at radius 2 is 2.22 bits per heavy atom. The zero-order valence-electron chi connectivity index (χ0n) is 5.02. The first kappa shape index (κ1) is 8.24. The van der Waals surface area contributed by atoms with E-state index in [9.17, 15) is 4.79 Å². The molecule has 0 bridgehead atoms. The first-order valence-corrected chi connectivity index (χ1v) is 2.69. The highest BCUT2D eigenvalue weighted by Crippen LogP contribution is 2.08. The summed E-state index contributed by atoms with van der Waals surface area (Å²) < 4.78 is 0. The molecule has 0 aromatic rings. The summed E-state index contributed by atoms with van der Waals surface area (Å²) in [5.74, 6) is -1.01. The van der Waals surface area contributed by atoms with Crippen molar-refractivity contribution in [3.63, 3.8) is 0 Å².